The number of carbonyl (C=O) groups is 1. The van der Waals surface area contributed by atoms with E-state index >= 15 is 0 Å². The predicted molar refractivity (Wildman–Crippen MR) is 82.0 cm³/mol. The number of amides is 1. The molecule has 0 aliphatic heterocycles. The van der Waals surface area contributed by atoms with Gasteiger partial charge in [-0.25, -0.2) is 0 Å². The maximum atomic E-state index is 12.0. The van der Waals surface area contributed by atoms with Crippen LogP contribution < -0.4 is 11.1 Å². The summed E-state index contributed by atoms with van der Waals surface area (Å²) in [5, 5.41) is 5.01. The molecular weight excluding hydrogens is 371 g/mol. The number of carbonyl (C=O) groups excluding carboxylic acids is 1. The molecule has 1 aromatic rings. The number of halogens is 2. The van der Waals surface area contributed by atoms with Crippen LogP contribution in [0.2, 0.25) is 0 Å². The Kier molecular flexibility index (Phi) is 5.69. The van der Waals surface area contributed by atoms with Crippen LogP contribution in [0.1, 0.15) is 36.0 Å². The molecule has 0 saturated heterocycles. The third-order valence-electron chi connectivity index (χ3n) is 3.16. The van der Waals surface area contributed by atoms with Gasteiger partial charge in [-0.2, -0.15) is 0 Å². The van der Waals surface area contributed by atoms with Gasteiger partial charge >= 0.3 is 0 Å². The van der Waals surface area contributed by atoms with Crippen LogP contribution >= 0.6 is 46.3 Å². The molecule has 6 heteroatoms. The van der Waals surface area contributed by atoms with E-state index in [0.29, 0.717) is 6.54 Å². The van der Waals surface area contributed by atoms with E-state index in [1.54, 1.807) is 11.3 Å². The molecule has 3 nitrogen and oxygen atoms in total. The van der Waals surface area contributed by atoms with Crippen molar-refractivity contribution in [3.63, 3.8) is 0 Å². The molecular formula is C11H16ClIN2OS. The molecule has 1 aromatic heterocycles. The van der Waals surface area contributed by atoms with Crippen molar-refractivity contribution in [2.45, 2.75) is 31.2 Å². The molecule has 1 amide bonds. The van der Waals surface area contributed by atoms with Gasteiger partial charge in [0.15, 0.2) is 0 Å². The van der Waals surface area contributed by atoms with Crippen molar-refractivity contribution in [1.29, 1.82) is 0 Å². The highest BCUT2D eigenvalue weighted by atomic mass is 127. The molecule has 0 atom stereocenters. The van der Waals surface area contributed by atoms with Gasteiger partial charge in [0.1, 0.15) is 0 Å². The number of hydrogen-bond donors (Lipinski definition) is 2. The smallest absolute Gasteiger partial charge is 0.252 e. The van der Waals surface area contributed by atoms with Gasteiger partial charge < -0.3 is 11.1 Å². The summed E-state index contributed by atoms with van der Waals surface area (Å²) in [5.74, 6) is 0.0199. The number of rotatable bonds is 3. The van der Waals surface area contributed by atoms with E-state index in [-0.39, 0.29) is 23.9 Å². The van der Waals surface area contributed by atoms with Crippen LogP contribution in [-0.4, -0.2) is 18.0 Å². The minimum atomic E-state index is -0.148. The van der Waals surface area contributed by atoms with E-state index in [4.69, 9.17) is 5.73 Å². The van der Waals surface area contributed by atoms with Crippen molar-refractivity contribution in [1.82, 2.24) is 5.32 Å². The average Bonchev–Trinajstić information content (AvgIpc) is 2.88. The van der Waals surface area contributed by atoms with Crippen LogP contribution in [0.15, 0.2) is 11.4 Å². The van der Waals surface area contributed by atoms with Crippen molar-refractivity contribution >= 4 is 52.2 Å². The van der Waals surface area contributed by atoms with E-state index < -0.39 is 0 Å². The lowest BCUT2D eigenvalue weighted by atomic mass is 9.97. The van der Waals surface area contributed by atoms with Gasteiger partial charge in [0, 0.05) is 11.9 Å². The van der Waals surface area contributed by atoms with Gasteiger partial charge in [0.25, 0.3) is 5.91 Å². The molecule has 0 bridgehead atoms. The van der Waals surface area contributed by atoms with E-state index in [9.17, 15) is 4.79 Å². The molecule has 1 aliphatic rings. The van der Waals surface area contributed by atoms with Gasteiger partial charge in [-0.3, -0.25) is 4.79 Å². The van der Waals surface area contributed by atoms with E-state index in [1.807, 2.05) is 11.4 Å². The second-order valence-electron chi connectivity index (χ2n) is 4.29. The molecule has 1 saturated carbocycles. The zero-order valence-corrected chi connectivity index (χ0v) is 13.2. The Morgan fingerprint density at radius 3 is 2.65 bits per heavy atom. The van der Waals surface area contributed by atoms with Gasteiger partial charge in [0.05, 0.1) is 14.0 Å². The maximum absolute atomic E-state index is 12.0. The monoisotopic (exact) mass is 386 g/mol. The van der Waals surface area contributed by atoms with Gasteiger partial charge in [-0.1, -0.05) is 12.8 Å². The fraction of sp³-hybridized carbons (Fsp3) is 0.545. The lowest BCUT2D eigenvalue weighted by Gasteiger charge is -2.28. The highest BCUT2D eigenvalue weighted by molar-refractivity contribution is 14.1. The van der Waals surface area contributed by atoms with Crippen LogP contribution in [-0.2, 0) is 0 Å². The lowest BCUT2D eigenvalue weighted by Crippen LogP contribution is -2.51. The van der Waals surface area contributed by atoms with Crippen LogP contribution in [0.5, 0.6) is 0 Å². The molecule has 1 heterocycles. The van der Waals surface area contributed by atoms with Crippen LogP contribution in [0.4, 0.5) is 0 Å². The normalized spacial score (nSPS) is 17.5. The fourth-order valence-corrected chi connectivity index (χ4v) is 3.50. The number of nitrogens with one attached hydrogen (secondary N) is 1. The second-order valence-corrected chi connectivity index (χ2v) is 7.09. The average molecular weight is 387 g/mol. The lowest BCUT2D eigenvalue weighted by molar-refractivity contribution is 0.0903. The largest absolute Gasteiger partial charge is 0.345 e. The highest BCUT2D eigenvalue weighted by Gasteiger charge is 2.34. The summed E-state index contributed by atoms with van der Waals surface area (Å²) in [6, 6.07) is 1.92. The van der Waals surface area contributed by atoms with Crippen molar-refractivity contribution in [2.75, 3.05) is 6.54 Å². The van der Waals surface area contributed by atoms with Crippen LogP contribution in [0.3, 0.4) is 0 Å². The zero-order valence-electron chi connectivity index (χ0n) is 9.37. The molecule has 2 rings (SSSR count). The van der Waals surface area contributed by atoms with E-state index in [1.165, 1.54) is 12.8 Å². The second kappa shape index (κ2) is 6.36. The van der Waals surface area contributed by atoms with E-state index in [0.717, 1.165) is 21.3 Å². The Labute approximate surface area is 125 Å². The number of hydrogen-bond acceptors (Lipinski definition) is 3. The molecule has 0 spiro atoms. The molecule has 0 unspecified atom stereocenters. The number of thiophene rings is 1. The molecule has 17 heavy (non-hydrogen) atoms. The Morgan fingerprint density at radius 2 is 2.18 bits per heavy atom. The Hall–Kier alpha value is 0.150. The summed E-state index contributed by atoms with van der Waals surface area (Å²) in [5.41, 5.74) is 6.40. The topological polar surface area (TPSA) is 55.1 Å². The fourth-order valence-electron chi connectivity index (χ4n) is 2.17. The van der Waals surface area contributed by atoms with Crippen molar-refractivity contribution < 1.29 is 4.79 Å². The summed E-state index contributed by atoms with van der Waals surface area (Å²) < 4.78 is 1.14. The summed E-state index contributed by atoms with van der Waals surface area (Å²) >= 11 is 3.82. The van der Waals surface area contributed by atoms with Crippen molar-refractivity contribution in [3.8, 4) is 0 Å². The quantitative estimate of drug-likeness (QED) is 0.785. The van der Waals surface area contributed by atoms with Gasteiger partial charge in [-0.05, 0) is 41.5 Å². The summed E-state index contributed by atoms with van der Waals surface area (Å²) in [4.78, 5) is 12.0. The van der Waals surface area contributed by atoms with Crippen LogP contribution in [0.25, 0.3) is 0 Å². The van der Waals surface area contributed by atoms with Gasteiger partial charge in [0.2, 0.25) is 0 Å². The Morgan fingerprint density at radius 1 is 1.53 bits per heavy atom. The minimum Gasteiger partial charge on any atom is -0.345 e. The Balaban J connectivity index is 0.00000144. The van der Waals surface area contributed by atoms with Gasteiger partial charge in [-0.15, -0.1) is 23.7 Å². The first kappa shape index (κ1) is 15.2. The minimum absolute atomic E-state index is 0. The molecule has 3 N–H and O–H groups in total. The molecule has 1 fully saturated rings. The van der Waals surface area contributed by atoms with E-state index in [2.05, 4.69) is 27.9 Å². The SMILES string of the molecule is Cl.NCC1(NC(=O)c2csc(I)c2)CCCC1. The molecule has 1 aliphatic carbocycles. The standard InChI is InChI=1S/C11H15IN2OS.ClH/c12-9-5-8(6-16-9)10(15)14-11(7-13)3-1-2-4-11;/h5-6H,1-4,7,13H2,(H,14,15);1H. The third-order valence-corrected chi connectivity index (χ3v) is 4.95. The van der Waals surface area contributed by atoms with Crippen LogP contribution in [0, 0.1) is 2.88 Å². The first-order chi connectivity index (χ1) is 7.65. The highest BCUT2D eigenvalue weighted by Crippen LogP contribution is 2.29. The molecule has 0 aromatic carbocycles. The summed E-state index contributed by atoms with van der Waals surface area (Å²) in [6.45, 7) is 0.542. The Bertz CT molecular complexity index is 391. The molecule has 96 valence electrons. The predicted octanol–water partition coefficient (Wildman–Crippen LogP) is 2.78. The first-order valence-corrected chi connectivity index (χ1v) is 7.38. The summed E-state index contributed by atoms with van der Waals surface area (Å²) in [7, 11) is 0. The molecule has 0 radical (unpaired) electrons. The van der Waals surface area contributed by atoms with Crippen molar-refractivity contribution in [2.24, 2.45) is 5.73 Å². The maximum Gasteiger partial charge on any atom is 0.252 e. The summed E-state index contributed by atoms with van der Waals surface area (Å²) in [6.07, 6.45) is 4.35. The first-order valence-electron chi connectivity index (χ1n) is 5.42. The third kappa shape index (κ3) is 3.56. The van der Waals surface area contributed by atoms with Crippen molar-refractivity contribution in [3.05, 3.63) is 19.9 Å². The zero-order chi connectivity index (χ0) is 11.6. The number of nitrogens with two attached hydrogens (primary N) is 1.